The average molecular weight is 393 g/mol. The third-order valence-electron chi connectivity index (χ3n) is 4.20. The lowest BCUT2D eigenvalue weighted by Gasteiger charge is -2.18. The summed E-state index contributed by atoms with van der Waals surface area (Å²) in [7, 11) is 0. The van der Waals surface area contributed by atoms with Gasteiger partial charge in [0.05, 0.1) is 11.1 Å². The van der Waals surface area contributed by atoms with Gasteiger partial charge in [-0.3, -0.25) is 4.79 Å². The van der Waals surface area contributed by atoms with Gasteiger partial charge in [0.25, 0.3) is 5.91 Å². The smallest absolute Gasteiger partial charge is 0.416 e. The van der Waals surface area contributed by atoms with Crippen molar-refractivity contribution in [3.8, 4) is 0 Å². The van der Waals surface area contributed by atoms with Gasteiger partial charge in [-0.15, -0.1) is 0 Å². The van der Waals surface area contributed by atoms with Crippen molar-refractivity contribution >= 4 is 11.9 Å². The number of hydrogen-bond acceptors (Lipinski definition) is 3. The van der Waals surface area contributed by atoms with Crippen molar-refractivity contribution in [3.05, 3.63) is 71.3 Å². The van der Waals surface area contributed by atoms with Crippen LogP contribution in [-0.4, -0.2) is 24.0 Å². The normalized spacial score (nSPS) is 13.5. The second-order valence-corrected chi connectivity index (χ2v) is 6.56. The van der Waals surface area contributed by atoms with E-state index in [1.54, 1.807) is 0 Å². The van der Waals surface area contributed by atoms with Crippen molar-refractivity contribution in [1.29, 1.82) is 0 Å². The van der Waals surface area contributed by atoms with E-state index in [9.17, 15) is 22.8 Å². The van der Waals surface area contributed by atoms with E-state index in [0.717, 1.165) is 42.7 Å². The van der Waals surface area contributed by atoms with Gasteiger partial charge in [-0.25, -0.2) is 4.79 Å². The van der Waals surface area contributed by atoms with E-state index in [1.165, 1.54) is 6.92 Å². The third kappa shape index (κ3) is 6.40. The van der Waals surface area contributed by atoms with Crippen molar-refractivity contribution < 1.29 is 27.5 Å². The number of amides is 1. The van der Waals surface area contributed by atoms with Crippen molar-refractivity contribution in [2.75, 3.05) is 0 Å². The molecule has 0 aliphatic rings. The van der Waals surface area contributed by atoms with Crippen LogP contribution >= 0.6 is 0 Å². The molecule has 0 bridgehead atoms. The average Bonchev–Trinajstić information content (AvgIpc) is 2.66. The molecule has 0 fully saturated rings. The van der Waals surface area contributed by atoms with Crippen LogP contribution < -0.4 is 5.32 Å². The van der Waals surface area contributed by atoms with Gasteiger partial charge in [-0.05, 0) is 56.5 Å². The number of ether oxygens (including phenoxy) is 1. The summed E-state index contributed by atoms with van der Waals surface area (Å²) in [6.45, 7) is 3.27. The molecule has 150 valence electrons. The molecule has 0 aromatic heterocycles. The van der Waals surface area contributed by atoms with E-state index < -0.39 is 29.7 Å². The van der Waals surface area contributed by atoms with E-state index in [0.29, 0.717) is 0 Å². The molecular weight excluding hydrogens is 371 g/mol. The van der Waals surface area contributed by atoms with E-state index in [1.807, 2.05) is 37.3 Å². The number of carbonyl (C=O) groups excluding carboxylic acids is 2. The Balaban J connectivity index is 1.83. The molecule has 2 aromatic carbocycles. The predicted octanol–water partition coefficient (Wildman–Crippen LogP) is 4.39. The minimum Gasteiger partial charge on any atom is -0.449 e. The molecule has 2 aromatic rings. The Morgan fingerprint density at radius 3 is 2.18 bits per heavy atom. The summed E-state index contributed by atoms with van der Waals surface area (Å²) in [5.41, 5.74) is 0.247. The highest BCUT2D eigenvalue weighted by molar-refractivity contribution is 5.92. The van der Waals surface area contributed by atoms with Crippen LogP contribution in [0.3, 0.4) is 0 Å². The maximum atomic E-state index is 12.6. The van der Waals surface area contributed by atoms with Crippen LogP contribution in [0.2, 0.25) is 0 Å². The predicted molar refractivity (Wildman–Crippen MR) is 98.7 cm³/mol. The van der Waals surface area contributed by atoms with Crippen LogP contribution in [0.4, 0.5) is 13.2 Å². The number of aryl methyl sites for hydroxylation is 1. The summed E-state index contributed by atoms with van der Waals surface area (Å²) in [5.74, 6) is -1.31. The second kappa shape index (κ2) is 9.39. The quantitative estimate of drug-likeness (QED) is 0.710. The molecule has 0 heterocycles. The standard InChI is InChI=1S/C21H22F3NO3/c1-14(8-9-16-6-4-3-5-7-16)25-19(26)15(2)28-20(27)17-10-12-18(13-11-17)21(22,23)24/h3-7,10-15H,8-9H2,1-2H3,(H,25,26)/t14-,15+/m1/s1. The zero-order chi connectivity index (χ0) is 20.7. The summed E-state index contributed by atoms with van der Waals surface area (Å²) in [6.07, 6.45) is -4.03. The van der Waals surface area contributed by atoms with Gasteiger partial charge in [0, 0.05) is 6.04 Å². The maximum Gasteiger partial charge on any atom is 0.416 e. The molecule has 0 spiro atoms. The first kappa shape index (κ1) is 21.5. The zero-order valence-corrected chi connectivity index (χ0v) is 15.6. The number of rotatable bonds is 7. The molecule has 1 amide bonds. The number of nitrogens with one attached hydrogen (secondary N) is 1. The summed E-state index contributed by atoms with van der Waals surface area (Å²) in [5, 5.41) is 2.77. The van der Waals surface area contributed by atoms with Crippen LogP contribution in [0.5, 0.6) is 0 Å². The Morgan fingerprint density at radius 1 is 1.00 bits per heavy atom. The fraction of sp³-hybridized carbons (Fsp3) is 0.333. The molecule has 2 rings (SSSR count). The van der Waals surface area contributed by atoms with E-state index >= 15 is 0 Å². The zero-order valence-electron chi connectivity index (χ0n) is 15.6. The molecule has 0 radical (unpaired) electrons. The second-order valence-electron chi connectivity index (χ2n) is 6.56. The van der Waals surface area contributed by atoms with Crippen molar-refractivity contribution in [2.45, 2.75) is 45.0 Å². The molecule has 28 heavy (non-hydrogen) atoms. The van der Waals surface area contributed by atoms with Crippen LogP contribution in [-0.2, 0) is 22.1 Å². The third-order valence-corrected chi connectivity index (χ3v) is 4.20. The fourth-order valence-corrected chi connectivity index (χ4v) is 2.54. The van der Waals surface area contributed by atoms with Gasteiger partial charge in [-0.1, -0.05) is 30.3 Å². The highest BCUT2D eigenvalue weighted by Crippen LogP contribution is 2.29. The molecule has 7 heteroatoms. The Kier molecular flexibility index (Phi) is 7.20. The SMILES string of the molecule is C[C@H](CCc1ccccc1)NC(=O)[C@H](C)OC(=O)c1ccc(C(F)(F)F)cc1. The van der Waals surface area contributed by atoms with Crippen LogP contribution in [0.25, 0.3) is 0 Å². The molecule has 0 unspecified atom stereocenters. The molecular formula is C21H22F3NO3. The summed E-state index contributed by atoms with van der Waals surface area (Å²) in [4.78, 5) is 24.2. The number of carbonyl (C=O) groups is 2. The van der Waals surface area contributed by atoms with Gasteiger partial charge in [0.2, 0.25) is 0 Å². The highest BCUT2D eigenvalue weighted by atomic mass is 19.4. The lowest BCUT2D eigenvalue weighted by molar-refractivity contribution is -0.137. The van der Waals surface area contributed by atoms with Crippen LogP contribution in [0, 0.1) is 0 Å². The van der Waals surface area contributed by atoms with E-state index in [2.05, 4.69) is 5.32 Å². The number of halogens is 3. The van der Waals surface area contributed by atoms with E-state index in [4.69, 9.17) is 4.74 Å². The Morgan fingerprint density at radius 2 is 1.61 bits per heavy atom. The van der Waals surface area contributed by atoms with E-state index in [-0.39, 0.29) is 11.6 Å². The first-order valence-electron chi connectivity index (χ1n) is 8.89. The Bertz CT molecular complexity index is 789. The lowest BCUT2D eigenvalue weighted by atomic mass is 10.1. The molecule has 0 saturated heterocycles. The van der Waals surface area contributed by atoms with Gasteiger partial charge >= 0.3 is 12.1 Å². The molecule has 0 aliphatic heterocycles. The van der Waals surface area contributed by atoms with Gasteiger partial charge in [0.1, 0.15) is 0 Å². The lowest BCUT2D eigenvalue weighted by Crippen LogP contribution is -2.41. The highest BCUT2D eigenvalue weighted by Gasteiger charge is 2.30. The summed E-state index contributed by atoms with van der Waals surface area (Å²) < 4.78 is 42.7. The van der Waals surface area contributed by atoms with Crippen molar-refractivity contribution in [3.63, 3.8) is 0 Å². The molecule has 2 atom stereocenters. The largest absolute Gasteiger partial charge is 0.449 e. The minimum absolute atomic E-state index is 0.0511. The summed E-state index contributed by atoms with van der Waals surface area (Å²) >= 11 is 0. The van der Waals surface area contributed by atoms with Crippen molar-refractivity contribution in [1.82, 2.24) is 5.32 Å². The van der Waals surface area contributed by atoms with Gasteiger partial charge in [-0.2, -0.15) is 13.2 Å². The first-order chi connectivity index (χ1) is 13.2. The van der Waals surface area contributed by atoms with Crippen molar-refractivity contribution in [2.24, 2.45) is 0 Å². The fourth-order valence-electron chi connectivity index (χ4n) is 2.54. The first-order valence-corrected chi connectivity index (χ1v) is 8.89. The Labute approximate surface area is 161 Å². The molecule has 4 nitrogen and oxygen atoms in total. The number of alkyl halides is 3. The molecule has 0 saturated carbocycles. The molecule has 0 aliphatic carbocycles. The Hall–Kier alpha value is -2.83. The number of esters is 1. The summed E-state index contributed by atoms with van der Waals surface area (Å²) in [6, 6.07) is 13.4. The topological polar surface area (TPSA) is 55.4 Å². The van der Waals surface area contributed by atoms with Crippen LogP contribution in [0.1, 0.15) is 41.8 Å². The minimum atomic E-state index is -4.48. The molecule has 1 N–H and O–H groups in total. The maximum absolute atomic E-state index is 12.6. The van der Waals surface area contributed by atoms with Crippen LogP contribution in [0.15, 0.2) is 54.6 Å². The number of benzene rings is 2. The number of hydrogen-bond donors (Lipinski definition) is 1. The van der Waals surface area contributed by atoms with Gasteiger partial charge in [0.15, 0.2) is 6.10 Å². The monoisotopic (exact) mass is 393 g/mol. The van der Waals surface area contributed by atoms with Gasteiger partial charge < -0.3 is 10.1 Å².